The lowest BCUT2D eigenvalue weighted by Gasteiger charge is -2.28. The van der Waals surface area contributed by atoms with Crippen molar-refractivity contribution in [2.45, 2.75) is 26.4 Å². The molecule has 0 saturated carbocycles. The van der Waals surface area contributed by atoms with Gasteiger partial charge in [0.2, 0.25) is 5.95 Å². The fourth-order valence-corrected chi connectivity index (χ4v) is 3.43. The van der Waals surface area contributed by atoms with E-state index in [0.29, 0.717) is 18.1 Å². The van der Waals surface area contributed by atoms with E-state index in [1.54, 1.807) is 9.36 Å². The van der Waals surface area contributed by atoms with Gasteiger partial charge in [-0.15, -0.1) is 0 Å². The number of benzene rings is 1. The summed E-state index contributed by atoms with van der Waals surface area (Å²) in [6, 6.07) is 9.46. The topological polar surface area (TPSA) is 89.7 Å². The smallest absolute Gasteiger partial charge is 0.251 e. The lowest BCUT2D eigenvalue weighted by atomic mass is 9.95. The average molecular weight is 363 g/mol. The van der Waals surface area contributed by atoms with Crippen molar-refractivity contribution in [2.24, 2.45) is 7.05 Å². The Hall–Kier alpha value is -3.42. The van der Waals surface area contributed by atoms with Gasteiger partial charge in [0, 0.05) is 31.0 Å². The number of hydrogen-bond acceptors (Lipinski definition) is 5. The van der Waals surface area contributed by atoms with Gasteiger partial charge in [0.05, 0.1) is 11.3 Å². The second kappa shape index (κ2) is 6.71. The predicted molar refractivity (Wildman–Crippen MR) is 101 cm³/mol. The maximum Gasteiger partial charge on any atom is 0.251 e. The molecule has 1 aromatic carbocycles. The zero-order chi connectivity index (χ0) is 19.0. The summed E-state index contributed by atoms with van der Waals surface area (Å²) in [5, 5.41) is 15.0. The Balaban J connectivity index is 1.70. The van der Waals surface area contributed by atoms with Gasteiger partial charge < -0.3 is 10.6 Å². The first-order chi connectivity index (χ1) is 13.0. The van der Waals surface area contributed by atoms with Crippen LogP contribution in [0.4, 0.5) is 5.95 Å². The molecule has 8 heteroatoms. The highest BCUT2D eigenvalue weighted by atomic mass is 16.1. The van der Waals surface area contributed by atoms with Crippen molar-refractivity contribution in [3.8, 4) is 0 Å². The number of nitrogens with zero attached hydrogens (tertiary/aromatic N) is 5. The molecule has 1 aliphatic rings. The molecule has 27 heavy (non-hydrogen) atoms. The predicted octanol–water partition coefficient (Wildman–Crippen LogP) is 1.93. The number of amides is 1. The molecule has 0 unspecified atom stereocenters. The second-order valence-electron chi connectivity index (χ2n) is 6.61. The lowest BCUT2D eigenvalue weighted by molar-refractivity contribution is -0.118. The minimum atomic E-state index is -0.381. The summed E-state index contributed by atoms with van der Waals surface area (Å²) < 4.78 is 3.48. The normalized spacial score (nSPS) is 16.0. The zero-order valence-corrected chi connectivity index (χ0v) is 15.5. The van der Waals surface area contributed by atoms with Crippen LogP contribution in [0, 0.1) is 6.92 Å². The van der Waals surface area contributed by atoms with Gasteiger partial charge in [0.25, 0.3) is 5.91 Å². The molecule has 0 aliphatic carbocycles. The van der Waals surface area contributed by atoms with Crippen LogP contribution in [0.25, 0.3) is 0 Å². The van der Waals surface area contributed by atoms with Gasteiger partial charge in [0.15, 0.2) is 0 Å². The molecule has 8 nitrogen and oxygen atoms in total. The highest BCUT2D eigenvalue weighted by molar-refractivity contribution is 5.96. The summed E-state index contributed by atoms with van der Waals surface area (Å²) in [6.07, 6.45) is 3.41. The number of allylic oxidation sites excluding steroid dienone is 1. The van der Waals surface area contributed by atoms with Crippen LogP contribution in [0.1, 0.15) is 29.8 Å². The Labute approximate surface area is 156 Å². The molecule has 2 aromatic heterocycles. The van der Waals surface area contributed by atoms with Gasteiger partial charge in [-0.3, -0.25) is 9.48 Å². The Morgan fingerprint density at radius 3 is 2.74 bits per heavy atom. The molecule has 1 amide bonds. The number of carbonyl (C=O) groups is 1. The maximum absolute atomic E-state index is 13.1. The quantitative estimate of drug-likeness (QED) is 0.739. The third-order valence-electron chi connectivity index (χ3n) is 4.68. The van der Waals surface area contributed by atoms with Gasteiger partial charge in [-0.2, -0.15) is 15.2 Å². The maximum atomic E-state index is 13.1. The van der Waals surface area contributed by atoms with Gasteiger partial charge in [-0.25, -0.2) is 4.68 Å². The van der Waals surface area contributed by atoms with Crippen molar-refractivity contribution in [1.29, 1.82) is 0 Å². The van der Waals surface area contributed by atoms with Crippen molar-refractivity contribution in [3.05, 3.63) is 70.9 Å². The van der Waals surface area contributed by atoms with Crippen LogP contribution in [0.3, 0.4) is 0 Å². The summed E-state index contributed by atoms with van der Waals surface area (Å²) in [5.41, 5.74) is 4.19. The molecule has 1 atom stereocenters. The van der Waals surface area contributed by atoms with Crippen LogP contribution in [-0.4, -0.2) is 30.5 Å². The Kier molecular flexibility index (Phi) is 4.23. The van der Waals surface area contributed by atoms with Crippen LogP contribution < -0.4 is 10.6 Å². The molecule has 2 N–H and O–H groups in total. The van der Waals surface area contributed by atoms with E-state index in [-0.39, 0.29) is 11.9 Å². The molecule has 138 valence electrons. The van der Waals surface area contributed by atoms with Crippen LogP contribution in [-0.2, 0) is 18.4 Å². The molecule has 4 rings (SSSR count). The molecule has 0 bridgehead atoms. The molecular formula is C19H21N7O. The molecule has 3 heterocycles. The van der Waals surface area contributed by atoms with E-state index in [9.17, 15) is 4.79 Å². The first kappa shape index (κ1) is 17.0. The molecule has 1 aliphatic heterocycles. The van der Waals surface area contributed by atoms with Crippen LogP contribution in [0.15, 0.2) is 54.1 Å². The van der Waals surface area contributed by atoms with E-state index in [2.05, 4.69) is 25.8 Å². The van der Waals surface area contributed by atoms with Crippen molar-refractivity contribution < 1.29 is 4.79 Å². The number of rotatable bonds is 4. The Bertz CT molecular complexity index is 1020. The van der Waals surface area contributed by atoms with E-state index < -0.39 is 0 Å². The number of nitrogens with one attached hydrogen (secondary N) is 2. The Morgan fingerprint density at radius 1 is 1.26 bits per heavy atom. The summed E-state index contributed by atoms with van der Waals surface area (Å²) >= 11 is 0. The largest absolute Gasteiger partial charge is 0.348 e. The molecular weight excluding hydrogens is 342 g/mol. The number of anilines is 1. The number of hydrogen-bond donors (Lipinski definition) is 2. The van der Waals surface area contributed by atoms with Crippen molar-refractivity contribution in [2.75, 3.05) is 5.32 Å². The van der Waals surface area contributed by atoms with Crippen LogP contribution in [0.2, 0.25) is 0 Å². The number of aromatic nitrogens is 5. The molecule has 3 aromatic rings. The third kappa shape index (κ3) is 3.10. The van der Waals surface area contributed by atoms with Gasteiger partial charge in [-0.05, 0) is 19.4 Å². The molecule has 0 saturated heterocycles. The monoisotopic (exact) mass is 363 g/mol. The highest BCUT2D eigenvalue weighted by Gasteiger charge is 2.35. The third-order valence-corrected chi connectivity index (χ3v) is 4.68. The highest BCUT2D eigenvalue weighted by Crippen LogP contribution is 2.35. The molecule has 0 spiro atoms. The van der Waals surface area contributed by atoms with Crippen LogP contribution in [0.5, 0.6) is 0 Å². The zero-order valence-electron chi connectivity index (χ0n) is 15.5. The van der Waals surface area contributed by atoms with E-state index in [1.807, 2.05) is 57.4 Å². The fourth-order valence-electron chi connectivity index (χ4n) is 3.43. The average Bonchev–Trinajstić information content (AvgIpc) is 3.25. The van der Waals surface area contributed by atoms with E-state index >= 15 is 0 Å². The van der Waals surface area contributed by atoms with Crippen molar-refractivity contribution in [1.82, 2.24) is 29.9 Å². The van der Waals surface area contributed by atoms with E-state index in [4.69, 9.17) is 0 Å². The number of fused-ring (bicyclic) bond motifs is 1. The van der Waals surface area contributed by atoms with Gasteiger partial charge >= 0.3 is 0 Å². The Morgan fingerprint density at radius 2 is 2.04 bits per heavy atom. The first-order valence-corrected chi connectivity index (χ1v) is 8.74. The lowest BCUT2D eigenvalue weighted by Crippen LogP contribution is -2.35. The van der Waals surface area contributed by atoms with Crippen molar-refractivity contribution >= 4 is 11.9 Å². The van der Waals surface area contributed by atoms with E-state index in [0.717, 1.165) is 22.5 Å². The summed E-state index contributed by atoms with van der Waals surface area (Å²) in [7, 11) is 1.87. The fraction of sp³-hybridized carbons (Fsp3) is 0.263. The summed E-state index contributed by atoms with van der Waals surface area (Å²) in [6.45, 7) is 4.27. The number of aryl methyl sites for hydroxylation is 2. The standard InChI is InChI=1S/C19H21N7O/c1-12-15(10-25(3)24-12)17-16(13(2)23-19-21-11-22-26(17)19)18(27)20-9-14-7-5-4-6-8-14/h4-8,10-11,17H,9H2,1-3H3,(H,20,27)(H,21,22,23)/t17-/m0/s1. The first-order valence-electron chi connectivity index (χ1n) is 8.74. The minimum absolute atomic E-state index is 0.141. The summed E-state index contributed by atoms with van der Waals surface area (Å²) in [5.74, 6) is 0.471. The van der Waals surface area contributed by atoms with Crippen molar-refractivity contribution in [3.63, 3.8) is 0 Å². The van der Waals surface area contributed by atoms with Gasteiger partial charge in [0.1, 0.15) is 12.4 Å². The van der Waals surface area contributed by atoms with Gasteiger partial charge in [-0.1, -0.05) is 30.3 Å². The minimum Gasteiger partial charge on any atom is -0.348 e. The van der Waals surface area contributed by atoms with E-state index in [1.165, 1.54) is 6.33 Å². The SMILES string of the molecule is CC1=C(C(=O)NCc2ccccc2)[C@H](c2cn(C)nc2C)n2ncnc2N1. The molecule has 0 radical (unpaired) electrons. The molecule has 0 fully saturated rings. The second-order valence-corrected chi connectivity index (χ2v) is 6.61. The number of carbonyl (C=O) groups excluding carboxylic acids is 1. The summed E-state index contributed by atoms with van der Waals surface area (Å²) in [4.78, 5) is 17.4. The van der Waals surface area contributed by atoms with Crippen LogP contribution >= 0.6 is 0 Å².